The van der Waals surface area contributed by atoms with Gasteiger partial charge in [-0.3, -0.25) is 4.79 Å². The van der Waals surface area contributed by atoms with E-state index in [0.29, 0.717) is 24.0 Å². The monoisotopic (exact) mass is 440 g/mol. The molecule has 2 aromatic carbocycles. The number of hydrogen-bond acceptors (Lipinski definition) is 6. The van der Waals surface area contributed by atoms with Gasteiger partial charge in [0, 0.05) is 13.3 Å². The molecule has 0 aromatic heterocycles. The molecule has 2 unspecified atom stereocenters. The first-order valence-corrected chi connectivity index (χ1v) is 9.94. The van der Waals surface area contributed by atoms with E-state index in [9.17, 15) is 14.4 Å². The third kappa shape index (κ3) is 9.45. The van der Waals surface area contributed by atoms with Gasteiger partial charge in [-0.15, -0.1) is 12.8 Å². The van der Waals surface area contributed by atoms with Crippen LogP contribution in [0.4, 0.5) is 0 Å². The standard InChI is InChI=1S/C15H18O5.C8H8O2.C2H2/c1-10-3-5-12(6-4-10)15(17)18-9-13-7-8-14(20-13)19-11(2)16;1-6-2-4-7(5-3-6)8(9)10;1-2/h3-6,13-14H,7-9H2,1-2H3;2-5H,1H3,(H,9,10);1-2H. The predicted molar refractivity (Wildman–Crippen MR) is 119 cm³/mol. The van der Waals surface area contributed by atoms with Crippen molar-refractivity contribution in [1.29, 1.82) is 0 Å². The van der Waals surface area contributed by atoms with Crippen molar-refractivity contribution in [3.05, 3.63) is 70.8 Å². The second-order valence-electron chi connectivity index (χ2n) is 7.01. The van der Waals surface area contributed by atoms with Crippen LogP contribution < -0.4 is 0 Å². The molecular weight excluding hydrogens is 412 g/mol. The van der Waals surface area contributed by atoms with E-state index in [0.717, 1.165) is 11.1 Å². The Balaban J connectivity index is 0.000000358. The third-order valence-corrected chi connectivity index (χ3v) is 4.35. The summed E-state index contributed by atoms with van der Waals surface area (Å²) >= 11 is 0. The first-order valence-electron chi connectivity index (χ1n) is 9.94. The highest BCUT2D eigenvalue weighted by atomic mass is 16.7. The lowest BCUT2D eigenvalue weighted by atomic mass is 10.1. The van der Waals surface area contributed by atoms with Crippen LogP contribution in [-0.4, -0.2) is 42.0 Å². The van der Waals surface area contributed by atoms with Crippen molar-refractivity contribution in [3.8, 4) is 12.8 Å². The molecule has 170 valence electrons. The Kier molecular flexibility index (Phi) is 11.2. The number of benzene rings is 2. The van der Waals surface area contributed by atoms with Gasteiger partial charge < -0.3 is 19.3 Å². The molecule has 3 rings (SSSR count). The minimum absolute atomic E-state index is 0.171. The van der Waals surface area contributed by atoms with Gasteiger partial charge in [-0.25, -0.2) is 9.59 Å². The number of ether oxygens (including phenoxy) is 3. The highest BCUT2D eigenvalue weighted by Crippen LogP contribution is 2.21. The van der Waals surface area contributed by atoms with E-state index in [1.807, 2.05) is 26.0 Å². The molecule has 1 saturated heterocycles. The molecule has 1 fully saturated rings. The molecule has 1 N–H and O–H groups in total. The van der Waals surface area contributed by atoms with E-state index in [2.05, 4.69) is 12.8 Å². The molecular formula is C25H28O7. The van der Waals surface area contributed by atoms with Crippen molar-refractivity contribution >= 4 is 17.9 Å². The summed E-state index contributed by atoms with van der Waals surface area (Å²) in [4.78, 5) is 32.9. The van der Waals surface area contributed by atoms with Gasteiger partial charge in [-0.1, -0.05) is 35.4 Å². The Bertz CT molecular complexity index is 898. The first kappa shape index (κ1) is 26.4. The quantitative estimate of drug-likeness (QED) is 0.550. The number of hydrogen-bond donors (Lipinski definition) is 1. The fourth-order valence-electron chi connectivity index (χ4n) is 2.70. The number of carboxylic acid groups (broad SMARTS) is 1. The largest absolute Gasteiger partial charge is 0.478 e. The summed E-state index contributed by atoms with van der Waals surface area (Å²) in [6.07, 6.45) is 8.61. The maximum atomic E-state index is 11.8. The molecule has 1 aliphatic heterocycles. The van der Waals surface area contributed by atoms with Gasteiger partial charge in [0.1, 0.15) is 6.61 Å². The Morgan fingerprint density at radius 3 is 1.91 bits per heavy atom. The van der Waals surface area contributed by atoms with Gasteiger partial charge in [0.25, 0.3) is 0 Å². The molecule has 2 atom stereocenters. The SMILES string of the molecule is C#C.CC(=O)OC1CCC(COC(=O)c2ccc(C)cc2)O1.Cc1ccc(C(=O)O)cc1. The van der Waals surface area contributed by atoms with Crippen molar-refractivity contribution in [2.24, 2.45) is 0 Å². The van der Waals surface area contributed by atoms with Crippen molar-refractivity contribution in [1.82, 2.24) is 0 Å². The van der Waals surface area contributed by atoms with E-state index in [-0.39, 0.29) is 24.6 Å². The zero-order valence-corrected chi connectivity index (χ0v) is 18.4. The molecule has 0 radical (unpaired) electrons. The number of carbonyl (C=O) groups excluding carboxylic acids is 2. The minimum atomic E-state index is -0.875. The summed E-state index contributed by atoms with van der Waals surface area (Å²) in [6.45, 7) is 5.39. The van der Waals surface area contributed by atoms with Crippen LogP contribution in [0.1, 0.15) is 51.6 Å². The van der Waals surface area contributed by atoms with Gasteiger partial charge in [-0.2, -0.15) is 0 Å². The molecule has 2 aromatic rings. The summed E-state index contributed by atoms with van der Waals surface area (Å²) < 4.78 is 15.6. The van der Waals surface area contributed by atoms with Crippen LogP contribution in [0.5, 0.6) is 0 Å². The molecule has 0 spiro atoms. The summed E-state index contributed by atoms with van der Waals surface area (Å²) in [6, 6.07) is 13.9. The highest BCUT2D eigenvalue weighted by Gasteiger charge is 2.28. The average Bonchev–Trinajstić information content (AvgIpc) is 3.21. The number of carboxylic acids is 1. The zero-order chi connectivity index (χ0) is 24.1. The van der Waals surface area contributed by atoms with Crippen LogP contribution in [0.15, 0.2) is 48.5 Å². The maximum absolute atomic E-state index is 11.8. The molecule has 32 heavy (non-hydrogen) atoms. The number of rotatable bonds is 5. The Hall–Kier alpha value is -3.63. The fourth-order valence-corrected chi connectivity index (χ4v) is 2.70. The van der Waals surface area contributed by atoms with E-state index < -0.39 is 12.3 Å². The second-order valence-corrected chi connectivity index (χ2v) is 7.01. The molecule has 0 amide bonds. The topological polar surface area (TPSA) is 99.1 Å². The number of aryl methyl sites for hydroxylation is 2. The summed E-state index contributed by atoms with van der Waals surface area (Å²) in [7, 11) is 0. The lowest BCUT2D eigenvalue weighted by Gasteiger charge is -2.13. The molecule has 0 aliphatic carbocycles. The number of aromatic carboxylic acids is 1. The van der Waals surface area contributed by atoms with Crippen LogP contribution in [0.2, 0.25) is 0 Å². The molecule has 7 heteroatoms. The average molecular weight is 440 g/mol. The molecule has 1 aliphatic rings. The van der Waals surface area contributed by atoms with Crippen LogP contribution in [0.25, 0.3) is 0 Å². The normalized spacial score (nSPS) is 16.4. The highest BCUT2D eigenvalue weighted by molar-refractivity contribution is 5.89. The number of esters is 2. The molecule has 1 heterocycles. The van der Waals surface area contributed by atoms with Crippen molar-refractivity contribution in [3.63, 3.8) is 0 Å². The smallest absolute Gasteiger partial charge is 0.338 e. The van der Waals surface area contributed by atoms with Crippen LogP contribution in [-0.2, 0) is 19.0 Å². The Labute approximate surface area is 188 Å². The lowest BCUT2D eigenvalue weighted by molar-refractivity contribution is -0.174. The van der Waals surface area contributed by atoms with Crippen molar-refractivity contribution in [2.75, 3.05) is 6.61 Å². The van der Waals surface area contributed by atoms with Crippen molar-refractivity contribution in [2.45, 2.75) is 46.0 Å². The van der Waals surface area contributed by atoms with Gasteiger partial charge in [0.15, 0.2) is 0 Å². The Morgan fingerprint density at radius 1 is 0.938 bits per heavy atom. The van der Waals surface area contributed by atoms with Crippen molar-refractivity contribution < 1.29 is 33.7 Å². The third-order valence-electron chi connectivity index (χ3n) is 4.35. The van der Waals surface area contributed by atoms with E-state index >= 15 is 0 Å². The van der Waals surface area contributed by atoms with E-state index in [4.69, 9.17) is 19.3 Å². The zero-order valence-electron chi connectivity index (χ0n) is 18.4. The molecule has 0 bridgehead atoms. The van der Waals surface area contributed by atoms with E-state index in [1.165, 1.54) is 6.92 Å². The van der Waals surface area contributed by atoms with Crippen LogP contribution in [0.3, 0.4) is 0 Å². The molecule has 7 nitrogen and oxygen atoms in total. The minimum Gasteiger partial charge on any atom is -0.478 e. The second kappa shape index (κ2) is 13.6. The maximum Gasteiger partial charge on any atom is 0.338 e. The van der Waals surface area contributed by atoms with E-state index in [1.54, 1.807) is 36.4 Å². The summed E-state index contributed by atoms with van der Waals surface area (Å²) in [5, 5.41) is 8.48. The predicted octanol–water partition coefficient (Wildman–Crippen LogP) is 4.16. The Morgan fingerprint density at radius 2 is 1.44 bits per heavy atom. The van der Waals surface area contributed by atoms with Crippen LogP contribution >= 0.6 is 0 Å². The van der Waals surface area contributed by atoms with Gasteiger partial charge in [0.05, 0.1) is 17.2 Å². The summed E-state index contributed by atoms with van der Waals surface area (Å²) in [5.74, 6) is -1.61. The van der Waals surface area contributed by atoms with Gasteiger partial charge in [0.2, 0.25) is 6.29 Å². The number of carbonyl (C=O) groups is 3. The molecule has 0 saturated carbocycles. The summed E-state index contributed by atoms with van der Waals surface area (Å²) in [5.41, 5.74) is 3.02. The first-order chi connectivity index (χ1) is 15.2. The number of terminal acetylenes is 1. The lowest BCUT2D eigenvalue weighted by Crippen LogP contribution is -2.21. The van der Waals surface area contributed by atoms with Gasteiger partial charge in [-0.05, 0) is 44.5 Å². The fraction of sp³-hybridized carbons (Fsp3) is 0.320. The van der Waals surface area contributed by atoms with Crippen LogP contribution in [0, 0.1) is 26.7 Å². The van der Waals surface area contributed by atoms with Gasteiger partial charge >= 0.3 is 17.9 Å².